The van der Waals surface area contributed by atoms with E-state index in [2.05, 4.69) is 36.0 Å². The number of nitriles is 1. The van der Waals surface area contributed by atoms with E-state index in [0.717, 1.165) is 17.8 Å². The Balaban J connectivity index is 1.42. The summed E-state index contributed by atoms with van der Waals surface area (Å²) in [5, 5.41) is 17.6. The molecule has 5 heterocycles. The van der Waals surface area contributed by atoms with E-state index in [-0.39, 0.29) is 17.8 Å². The number of halogens is 4. The topological polar surface area (TPSA) is 99.1 Å². The fourth-order valence-electron chi connectivity index (χ4n) is 5.65. The van der Waals surface area contributed by atoms with Gasteiger partial charge in [0.15, 0.2) is 5.82 Å². The molecular formula is C29H25F4N9. The van der Waals surface area contributed by atoms with Crippen LogP contribution in [0.5, 0.6) is 0 Å². The van der Waals surface area contributed by atoms with Gasteiger partial charge in [-0.1, -0.05) is 19.1 Å². The SMILES string of the molecule is CC[C@@H]1CN(c2nc3nncn3c3ccc(C#N)nc23)[C@@H](C)CN1C(c1ccc(F)cc1)c1ccc(C(F)(F)F)cn1. The first-order valence-corrected chi connectivity index (χ1v) is 13.4. The first-order chi connectivity index (χ1) is 20.2. The van der Waals surface area contributed by atoms with E-state index < -0.39 is 23.6 Å². The van der Waals surface area contributed by atoms with Crippen molar-refractivity contribution in [1.82, 2.24) is 34.4 Å². The third-order valence-corrected chi connectivity index (χ3v) is 7.73. The predicted octanol–water partition coefficient (Wildman–Crippen LogP) is 5.18. The molecule has 0 saturated carbocycles. The summed E-state index contributed by atoms with van der Waals surface area (Å²) in [5.74, 6) is 0.554. The van der Waals surface area contributed by atoms with E-state index in [4.69, 9.17) is 4.98 Å². The molecule has 1 aliphatic heterocycles. The Morgan fingerprint density at radius 1 is 1.05 bits per heavy atom. The average Bonchev–Trinajstić information content (AvgIpc) is 3.46. The molecule has 0 aliphatic carbocycles. The van der Waals surface area contributed by atoms with Gasteiger partial charge >= 0.3 is 6.18 Å². The number of fused-ring (bicyclic) bond motifs is 3. The van der Waals surface area contributed by atoms with Crippen LogP contribution >= 0.6 is 0 Å². The minimum atomic E-state index is -4.51. The molecule has 4 aromatic heterocycles. The molecule has 0 N–H and O–H groups in total. The van der Waals surface area contributed by atoms with Crippen molar-refractivity contribution >= 4 is 22.6 Å². The molecule has 0 spiro atoms. The number of hydrogen-bond donors (Lipinski definition) is 0. The summed E-state index contributed by atoms with van der Waals surface area (Å²) in [6, 6.07) is 13.2. The van der Waals surface area contributed by atoms with E-state index in [1.54, 1.807) is 35.0 Å². The Kier molecular flexibility index (Phi) is 6.94. The quantitative estimate of drug-likeness (QED) is 0.265. The second-order valence-corrected chi connectivity index (χ2v) is 10.3. The van der Waals surface area contributed by atoms with Crippen LogP contribution < -0.4 is 4.90 Å². The van der Waals surface area contributed by atoms with Crippen LogP contribution in [0.15, 0.2) is 61.1 Å². The molecule has 0 bridgehead atoms. The van der Waals surface area contributed by atoms with Crippen molar-refractivity contribution in [2.45, 2.75) is 44.6 Å². The molecule has 0 amide bonds. The average molecular weight is 576 g/mol. The number of piperazine rings is 1. The highest BCUT2D eigenvalue weighted by atomic mass is 19.4. The summed E-state index contributed by atoms with van der Waals surface area (Å²) in [7, 11) is 0. The molecule has 5 aromatic rings. The summed E-state index contributed by atoms with van der Waals surface area (Å²) in [6.45, 7) is 5.05. The van der Waals surface area contributed by atoms with E-state index >= 15 is 0 Å². The fraction of sp³-hybridized carbons (Fsp3) is 0.310. The van der Waals surface area contributed by atoms with Crippen LogP contribution in [0.25, 0.3) is 16.8 Å². The van der Waals surface area contributed by atoms with Crippen molar-refractivity contribution in [2.24, 2.45) is 0 Å². The Bertz CT molecular complexity index is 1780. The number of anilines is 1. The van der Waals surface area contributed by atoms with Crippen LogP contribution in [-0.4, -0.2) is 59.6 Å². The van der Waals surface area contributed by atoms with Gasteiger partial charge in [0.05, 0.1) is 22.8 Å². The first kappa shape index (κ1) is 27.5. The number of benzene rings is 1. The molecule has 9 nitrogen and oxygen atoms in total. The normalized spacial score (nSPS) is 18.8. The number of aromatic nitrogens is 6. The summed E-state index contributed by atoms with van der Waals surface area (Å²) < 4.78 is 55.5. The first-order valence-electron chi connectivity index (χ1n) is 13.4. The van der Waals surface area contributed by atoms with E-state index in [1.807, 2.05) is 13.8 Å². The molecule has 1 saturated heterocycles. The third kappa shape index (κ3) is 4.87. The monoisotopic (exact) mass is 575 g/mol. The molecule has 1 aliphatic rings. The summed E-state index contributed by atoms with van der Waals surface area (Å²) in [6.07, 6.45) is -1.43. The molecule has 1 unspecified atom stereocenters. The third-order valence-electron chi connectivity index (χ3n) is 7.73. The lowest BCUT2D eigenvalue weighted by atomic mass is 9.95. The highest BCUT2D eigenvalue weighted by Gasteiger charge is 2.39. The van der Waals surface area contributed by atoms with Crippen molar-refractivity contribution in [3.8, 4) is 6.07 Å². The van der Waals surface area contributed by atoms with Crippen molar-refractivity contribution in [2.75, 3.05) is 18.0 Å². The summed E-state index contributed by atoms with van der Waals surface area (Å²) in [4.78, 5) is 17.9. The molecule has 42 heavy (non-hydrogen) atoms. The number of hydrogen-bond acceptors (Lipinski definition) is 8. The minimum absolute atomic E-state index is 0.0922. The molecule has 0 radical (unpaired) electrons. The van der Waals surface area contributed by atoms with Crippen LogP contribution in [-0.2, 0) is 6.18 Å². The lowest BCUT2D eigenvalue weighted by molar-refractivity contribution is -0.137. The van der Waals surface area contributed by atoms with E-state index in [9.17, 15) is 22.8 Å². The minimum Gasteiger partial charge on any atom is -0.349 e. The number of rotatable bonds is 5. The summed E-state index contributed by atoms with van der Waals surface area (Å²) >= 11 is 0. The van der Waals surface area contributed by atoms with Crippen LogP contribution in [0, 0.1) is 17.1 Å². The van der Waals surface area contributed by atoms with Crippen molar-refractivity contribution in [3.05, 3.63) is 89.4 Å². The van der Waals surface area contributed by atoms with E-state index in [1.165, 1.54) is 18.2 Å². The Morgan fingerprint density at radius 2 is 1.83 bits per heavy atom. The van der Waals surface area contributed by atoms with Gasteiger partial charge in [0.2, 0.25) is 0 Å². The predicted molar refractivity (Wildman–Crippen MR) is 146 cm³/mol. The van der Waals surface area contributed by atoms with Gasteiger partial charge in [-0.3, -0.25) is 14.3 Å². The Hall–Kier alpha value is -4.70. The van der Waals surface area contributed by atoms with Gasteiger partial charge in [0, 0.05) is 31.4 Å². The largest absolute Gasteiger partial charge is 0.417 e. The molecule has 1 fully saturated rings. The fourth-order valence-corrected chi connectivity index (χ4v) is 5.65. The van der Waals surface area contributed by atoms with Crippen LogP contribution in [0.2, 0.25) is 0 Å². The van der Waals surface area contributed by atoms with Gasteiger partial charge < -0.3 is 4.90 Å². The smallest absolute Gasteiger partial charge is 0.349 e. The Morgan fingerprint density at radius 3 is 2.50 bits per heavy atom. The highest BCUT2D eigenvalue weighted by molar-refractivity contribution is 5.88. The Labute approximate surface area is 238 Å². The van der Waals surface area contributed by atoms with E-state index in [0.29, 0.717) is 47.8 Å². The van der Waals surface area contributed by atoms with Gasteiger partial charge in [-0.05, 0) is 55.3 Å². The van der Waals surface area contributed by atoms with Gasteiger partial charge in [0.25, 0.3) is 5.78 Å². The zero-order valence-electron chi connectivity index (χ0n) is 22.7. The molecule has 1 aromatic carbocycles. The van der Waals surface area contributed by atoms with Gasteiger partial charge in [-0.15, -0.1) is 10.2 Å². The molecular weight excluding hydrogens is 550 g/mol. The maximum absolute atomic E-state index is 13.9. The molecule has 3 atom stereocenters. The lowest BCUT2D eigenvalue weighted by Crippen LogP contribution is -2.58. The molecule has 13 heteroatoms. The number of pyridine rings is 2. The number of alkyl halides is 3. The van der Waals surface area contributed by atoms with Crippen LogP contribution in [0.4, 0.5) is 23.4 Å². The zero-order chi connectivity index (χ0) is 29.6. The van der Waals surface area contributed by atoms with Gasteiger partial charge in [-0.25, -0.2) is 9.37 Å². The summed E-state index contributed by atoms with van der Waals surface area (Å²) in [5.41, 5.74) is 1.82. The van der Waals surface area contributed by atoms with Crippen molar-refractivity contribution < 1.29 is 17.6 Å². The molecule has 6 rings (SSSR count). The van der Waals surface area contributed by atoms with Gasteiger partial charge in [-0.2, -0.15) is 23.4 Å². The number of nitrogens with zero attached hydrogens (tertiary/aromatic N) is 9. The maximum atomic E-state index is 13.9. The second kappa shape index (κ2) is 10.6. The van der Waals surface area contributed by atoms with Crippen LogP contribution in [0.1, 0.15) is 48.8 Å². The standard InChI is InChI=1S/C29H25F4N9/c1-3-22-15-40(27-25-24(11-9-21(12-34)37-25)42-16-36-39-28(42)38-27)17(2)14-41(22)26(18-4-7-20(30)8-5-18)23-10-6-19(13-35-23)29(31,32)33/h4-11,13,16-17,22,26H,3,14-15H2,1-2H3/t17-,22+,26?/m0/s1. The lowest BCUT2D eigenvalue weighted by Gasteiger charge is -2.48. The van der Waals surface area contributed by atoms with Crippen molar-refractivity contribution in [3.63, 3.8) is 0 Å². The van der Waals surface area contributed by atoms with Crippen LogP contribution in [0.3, 0.4) is 0 Å². The second-order valence-electron chi connectivity index (χ2n) is 10.3. The zero-order valence-corrected chi connectivity index (χ0v) is 22.7. The highest BCUT2D eigenvalue weighted by Crippen LogP contribution is 2.37. The molecule has 214 valence electrons. The maximum Gasteiger partial charge on any atom is 0.417 e. The van der Waals surface area contributed by atoms with Gasteiger partial charge in [0.1, 0.15) is 29.4 Å². The van der Waals surface area contributed by atoms with Crippen molar-refractivity contribution in [1.29, 1.82) is 5.26 Å².